The molecule has 0 bridgehead atoms. The number of anilines is 1. The number of ether oxygens (including phenoxy) is 1. The van der Waals surface area contributed by atoms with Gasteiger partial charge in [-0.15, -0.1) is 0 Å². The van der Waals surface area contributed by atoms with E-state index >= 15 is 0 Å². The Labute approximate surface area is 154 Å². The van der Waals surface area contributed by atoms with Crippen LogP contribution in [0.3, 0.4) is 0 Å². The van der Waals surface area contributed by atoms with Crippen LogP contribution in [0.25, 0.3) is 0 Å². The molecule has 0 saturated carbocycles. The number of methoxy groups -OCH3 is 1. The second-order valence-corrected chi connectivity index (χ2v) is 6.53. The first-order valence-corrected chi connectivity index (χ1v) is 8.96. The molecule has 0 N–H and O–H groups in total. The van der Waals surface area contributed by atoms with Gasteiger partial charge in [-0.2, -0.15) is 5.26 Å². The highest BCUT2D eigenvalue weighted by Crippen LogP contribution is 2.30. The van der Waals surface area contributed by atoms with E-state index in [4.69, 9.17) is 4.74 Å². The van der Waals surface area contributed by atoms with Crippen LogP contribution in [-0.2, 0) is 0 Å². The summed E-state index contributed by atoms with van der Waals surface area (Å²) in [6, 6.07) is 17.1. The normalized spacial score (nSPS) is 16.1. The van der Waals surface area contributed by atoms with Gasteiger partial charge in [0.15, 0.2) is 0 Å². The molecule has 1 fully saturated rings. The molecule has 1 aliphatic rings. The van der Waals surface area contributed by atoms with E-state index in [1.807, 2.05) is 30.3 Å². The Kier molecular flexibility index (Phi) is 6.08. The predicted octanol–water partition coefficient (Wildman–Crippen LogP) is 3.65. The highest BCUT2D eigenvalue weighted by Gasteiger charge is 2.21. The number of piperazine rings is 1. The SMILES string of the molecule is COc1cc(F)ccc1N1CCN(CCC(C#N)c2ccccc2)CC1. The summed E-state index contributed by atoms with van der Waals surface area (Å²) in [6.07, 6.45) is 0.834. The molecule has 5 heteroatoms. The van der Waals surface area contributed by atoms with Crippen molar-refractivity contribution in [3.8, 4) is 11.8 Å². The van der Waals surface area contributed by atoms with Crippen LogP contribution in [0.2, 0.25) is 0 Å². The molecule has 1 heterocycles. The Morgan fingerprint density at radius 1 is 1.12 bits per heavy atom. The molecule has 0 aliphatic carbocycles. The van der Waals surface area contributed by atoms with Crippen molar-refractivity contribution in [3.63, 3.8) is 0 Å². The van der Waals surface area contributed by atoms with Gasteiger partial charge < -0.3 is 9.64 Å². The van der Waals surface area contributed by atoms with Crippen molar-refractivity contribution in [2.45, 2.75) is 12.3 Å². The maximum atomic E-state index is 13.4. The van der Waals surface area contributed by atoms with Crippen LogP contribution in [0.1, 0.15) is 17.9 Å². The van der Waals surface area contributed by atoms with Crippen molar-refractivity contribution >= 4 is 5.69 Å². The van der Waals surface area contributed by atoms with Gasteiger partial charge in [0.2, 0.25) is 0 Å². The summed E-state index contributed by atoms with van der Waals surface area (Å²) < 4.78 is 18.7. The molecule has 0 spiro atoms. The minimum Gasteiger partial charge on any atom is -0.494 e. The fourth-order valence-corrected chi connectivity index (χ4v) is 3.43. The van der Waals surface area contributed by atoms with Gasteiger partial charge in [-0.3, -0.25) is 4.90 Å². The van der Waals surface area contributed by atoms with Gasteiger partial charge >= 0.3 is 0 Å². The summed E-state index contributed by atoms with van der Waals surface area (Å²) in [7, 11) is 1.57. The second kappa shape index (κ2) is 8.68. The Balaban J connectivity index is 1.54. The standard InChI is InChI=1S/C21H24FN3O/c1-26-21-15-19(22)7-8-20(21)25-13-11-24(12-14-25)10-9-18(16-23)17-5-3-2-4-6-17/h2-8,15,18H,9-14H2,1H3. The maximum absolute atomic E-state index is 13.4. The van der Waals surface area contributed by atoms with Crippen molar-refractivity contribution in [1.82, 2.24) is 4.90 Å². The number of rotatable bonds is 6. The zero-order valence-corrected chi connectivity index (χ0v) is 15.1. The smallest absolute Gasteiger partial charge is 0.145 e. The van der Waals surface area contributed by atoms with Crippen molar-refractivity contribution in [1.29, 1.82) is 5.26 Å². The van der Waals surface area contributed by atoms with E-state index < -0.39 is 0 Å². The monoisotopic (exact) mass is 353 g/mol. The van der Waals surface area contributed by atoms with E-state index in [1.165, 1.54) is 12.1 Å². The summed E-state index contributed by atoms with van der Waals surface area (Å²) in [4.78, 5) is 4.62. The van der Waals surface area contributed by atoms with Crippen LogP contribution in [-0.4, -0.2) is 44.7 Å². The molecule has 2 aromatic carbocycles. The zero-order chi connectivity index (χ0) is 18.4. The van der Waals surface area contributed by atoms with E-state index in [0.29, 0.717) is 5.75 Å². The fraction of sp³-hybridized carbons (Fsp3) is 0.381. The lowest BCUT2D eigenvalue weighted by atomic mass is 9.97. The van der Waals surface area contributed by atoms with Crippen LogP contribution in [0.15, 0.2) is 48.5 Å². The van der Waals surface area contributed by atoms with Gasteiger partial charge in [0.1, 0.15) is 11.6 Å². The van der Waals surface area contributed by atoms with Gasteiger partial charge in [-0.25, -0.2) is 4.39 Å². The lowest BCUT2D eigenvalue weighted by molar-refractivity contribution is 0.251. The average molecular weight is 353 g/mol. The Morgan fingerprint density at radius 2 is 1.85 bits per heavy atom. The van der Waals surface area contributed by atoms with E-state index in [-0.39, 0.29) is 11.7 Å². The lowest BCUT2D eigenvalue weighted by Crippen LogP contribution is -2.46. The van der Waals surface area contributed by atoms with E-state index in [9.17, 15) is 9.65 Å². The third-order valence-corrected chi connectivity index (χ3v) is 4.95. The molecular weight excluding hydrogens is 329 g/mol. The summed E-state index contributed by atoms with van der Waals surface area (Å²) in [6.45, 7) is 4.48. The van der Waals surface area contributed by atoms with Crippen molar-refractivity contribution in [2.24, 2.45) is 0 Å². The molecule has 136 valence electrons. The summed E-state index contributed by atoms with van der Waals surface area (Å²) >= 11 is 0. The molecule has 4 nitrogen and oxygen atoms in total. The van der Waals surface area contributed by atoms with Gasteiger partial charge in [0.25, 0.3) is 0 Å². The maximum Gasteiger partial charge on any atom is 0.145 e. The highest BCUT2D eigenvalue weighted by atomic mass is 19.1. The molecular formula is C21H24FN3O. The molecule has 1 saturated heterocycles. The van der Waals surface area contributed by atoms with Gasteiger partial charge in [-0.05, 0) is 30.7 Å². The molecule has 0 amide bonds. The Morgan fingerprint density at radius 3 is 2.50 bits per heavy atom. The molecule has 0 radical (unpaired) electrons. The first-order chi connectivity index (χ1) is 12.7. The lowest BCUT2D eigenvalue weighted by Gasteiger charge is -2.36. The van der Waals surface area contributed by atoms with Crippen LogP contribution < -0.4 is 9.64 Å². The summed E-state index contributed by atoms with van der Waals surface area (Å²) in [5, 5.41) is 9.46. The molecule has 1 aliphatic heterocycles. The topological polar surface area (TPSA) is 39.5 Å². The van der Waals surface area contributed by atoms with Crippen molar-refractivity contribution in [2.75, 3.05) is 44.7 Å². The van der Waals surface area contributed by atoms with Crippen LogP contribution in [0.5, 0.6) is 5.75 Å². The van der Waals surface area contributed by atoms with Gasteiger partial charge in [-0.1, -0.05) is 30.3 Å². The largest absolute Gasteiger partial charge is 0.494 e. The first kappa shape index (κ1) is 18.2. The molecule has 26 heavy (non-hydrogen) atoms. The van der Waals surface area contributed by atoms with Crippen LogP contribution in [0.4, 0.5) is 10.1 Å². The summed E-state index contributed by atoms with van der Waals surface area (Å²) in [5.74, 6) is 0.228. The third-order valence-electron chi connectivity index (χ3n) is 4.95. The van der Waals surface area contributed by atoms with Gasteiger partial charge in [0, 0.05) is 32.2 Å². The van der Waals surface area contributed by atoms with Crippen LogP contribution >= 0.6 is 0 Å². The van der Waals surface area contributed by atoms with E-state index in [0.717, 1.165) is 50.4 Å². The molecule has 0 aromatic heterocycles. The molecule has 2 aromatic rings. The van der Waals surface area contributed by atoms with Crippen molar-refractivity contribution in [3.05, 3.63) is 59.9 Å². The molecule has 1 atom stereocenters. The number of benzene rings is 2. The van der Waals surface area contributed by atoms with Crippen molar-refractivity contribution < 1.29 is 9.13 Å². The minimum atomic E-state index is -0.285. The number of hydrogen-bond acceptors (Lipinski definition) is 4. The molecule has 3 rings (SSSR count). The van der Waals surface area contributed by atoms with Crippen LogP contribution in [0, 0.1) is 17.1 Å². The Bertz CT molecular complexity index is 752. The zero-order valence-electron chi connectivity index (χ0n) is 15.1. The van der Waals surface area contributed by atoms with E-state index in [1.54, 1.807) is 13.2 Å². The second-order valence-electron chi connectivity index (χ2n) is 6.53. The first-order valence-electron chi connectivity index (χ1n) is 8.96. The van der Waals surface area contributed by atoms with Gasteiger partial charge in [0.05, 0.1) is 24.8 Å². The Hall–Kier alpha value is -2.58. The highest BCUT2D eigenvalue weighted by molar-refractivity contribution is 5.59. The number of nitrogens with zero attached hydrogens (tertiary/aromatic N) is 3. The number of nitriles is 1. The third kappa shape index (κ3) is 4.33. The average Bonchev–Trinajstić information content (AvgIpc) is 2.70. The minimum absolute atomic E-state index is 0.0635. The molecule has 1 unspecified atom stereocenters. The number of hydrogen-bond donors (Lipinski definition) is 0. The predicted molar refractivity (Wildman–Crippen MR) is 101 cm³/mol. The fourth-order valence-electron chi connectivity index (χ4n) is 3.43. The quantitative estimate of drug-likeness (QED) is 0.795. The van der Waals surface area contributed by atoms with E-state index in [2.05, 4.69) is 15.9 Å². The number of halogens is 1. The summed E-state index contributed by atoms with van der Waals surface area (Å²) in [5.41, 5.74) is 2.03.